The van der Waals surface area contributed by atoms with E-state index in [9.17, 15) is 4.79 Å². The molecule has 110 valence electrons. The smallest absolute Gasteiger partial charge is 0.232 e. The van der Waals surface area contributed by atoms with Crippen molar-refractivity contribution in [1.82, 2.24) is 4.90 Å². The second-order valence-electron chi connectivity index (χ2n) is 6.83. The Morgan fingerprint density at radius 2 is 1.85 bits per heavy atom. The standard InChI is InChI=1S/C17H26N2O/c1-12(2)11-19(15-9-10-15)16(20)17(3,4)13-5-7-14(18)8-6-13/h5-8,12,15H,9-11,18H2,1-4H3. The second kappa shape index (κ2) is 5.47. The van der Waals surface area contributed by atoms with Crippen LogP contribution in [0.15, 0.2) is 24.3 Å². The zero-order valence-corrected chi connectivity index (χ0v) is 13.0. The Morgan fingerprint density at radius 1 is 1.30 bits per heavy atom. The number of amides is 1. The van der Waals surface area contributed by atoms with E-state index in [0.29, 0.717) is 12.0 Å². The molecule has 3 nitrogen and oxygen atoms in total. The number of rotatable bonds is 5. The minimum Gasteiger partial charge on any atom is -0.399 e. The lowest BCUT2D eigenvalue weighted by Gasteiger charge is -2.33. The first-order valence-electron chi connectivity index (χ1n) is 7.49. The summed E-state index contributed by atoms with van der Waals surface area (Å²) in [4.78, 5) is 15.0. The summed E-state index contributed by atoms with van der Waals surface area (Å²) in [5.41, 5.74) is 7.01. The molecule has 1 aliphatic rings. The molecule has 0 unspecified atom stereocenters. The van der Waals surface area contributed by atoms with E-state index in [-0.39, 0.29) is 5.91 Å². The number of hydrogen-bond donors (Lipinski definition) is 1. The Kier molecular flexibility index (Phi) is 4.07. The van der Waals surface area contributed by atoms with Gasteiger partial charge >= 0.3 is 0 Å². The summed E-state index contributed by atoms with van der Waals surface area (Å²) in [5, 5.41) is 0. The molecule has 0 aromatic heterocycles. The number of nitrogen functional groups attached to an aromatic ring is 1. The van der Waals surface area contributed by atoms with Crippen molar-refractivity contribution in [2.75, 3.05) is 12.3 Å². The third-order valence-electron chi connectivity index (χ3n) is 3.98. The molecule has 1 amide bonds. The maximum absolute atomic E-state index is 13.0. The van der Waals surface area contributed by atoms with Gasteiger partial charge in [-0.1, -0.05) is 26.0 Å². The van der Waals surface area contributed by atoms with Crippen molar-refractivity contribution in [2.45, 2.75) is 52.0 Å². The normalized spacial score (nSPS) is 15.4. The van der Waals surface area contributed by atoms with Crippen LogP contribution in [0.25, 0.3) is 0 Å². The summed E-state index contributed by atoms with van der Waals surface area (Å²) < 4.78 is 0. The van der Waals surface area contributed by atoms with Crippen LogP contribution in [0.5, 0.6) is 0 Å². The van der Waals surface area contributed by atoms with Crippen LogP contribution < -0.4 is 5.73 Å². The van der Waals surface area contributed by atoms with Crippen LogP contribution in [0.3, 0.4) is 0 Å². The number of nitrogens with zero attached hydrogens (tertiary/aromatic N) is 1. The molecule has 0 saturated heterocycles. The summed E-state index contributed by atoms with van der Waals surface area (Å²) in [5.74, 6) is 0.736. The van der Waals surface area contributed by atoms with Gasteiger partial charge in [-0.15, -0.1) is 0 Å². The summed E-state index contributed by atoms with van der Waals surface area (Å²) in [6.45, 7) is 9.20. The fourth-order valence-corrected chi connectivity index (χ4v) is 2.56. The van der Waals surface area contributed by atoms with Gasteiger partial charge in [-0.2, -0.15) is 0 Å². The van der Waals surface area contributed by atoms with Crippen LogP contribution >= 0.6 is 0 Å². The first-order chi connectivity index (χ1) is 9.32. The quantitative estimate of drug-likeness (QED) is 0.838. The average molecular weight is 274 g/mol. The van der Waals surface area contributed by atoms with Gasteiger partial charge in [-0.05, 0) is 50.3 Å². The summed E-state index contributed by atoms with van der Waals surface area (Å²) in [6, 6.07) is 8.13. The lowest BCUT2D eigenvalue weighted by atomic mass is 9.83. The highest BCUT2D eigenvalue weighted by Gasteiger charge is 2.40. The fourth-order valence-electron chi connectivity index (χ4n) is 2.56. The van der Waals surface area contributed by atoms with E-state index in [1.165, 1.54) is 0 Å². The predicted octanol–water partition coefficient (Wildman–Crippen LogP) is 3.19. The molecule has 1 aromatic rings. The number of carbonyl (C=O) groups excluding carboxylic acids is 1. The molecule has 1 saturated carbocycles. The number of anilines is 1. The third kappa shape index (κ3) is 3.14. The second-order valence-corrected chi connectivity index (χ2v) is 6.83. The highest BCUT2D eigenvalue weighted by Crippen LogP contribution is 2.34. The van der Waals surface area contributed by atoms with Crippen LogP contribution in [0, 0.1) is 5.92 Å². The predicted molar refractivity (Wildman–Crippen MR) is 83.5 cm³/mol. The van der Waals surface area contributed by atoms with Crippen LogP contribution in [0.4, 0.5) is 5.69 Å². The Balaban J connectivity index is 2.22. The summed E-state index contributed by atoms with van der Waals surface area (Å²) >= 11 is 0. The molecular weight excluding hydrogens is 248 g/mol. The van der Waals surface area contributed by atoms with Gasteiger partial charge in [0.15, 0.2) is 0 Å². The van der Waals surface area contributed by atoms with Crippen molar-refractivity contribution < 1.29 is 4.79 Å². The number of hydrogen-bond acceptors (Lipinski definition) is 2. The molecule has 3 heteroatoms. The van der Waals surface area contributed by atoms with Crippen molar-refractivity contribution >= 4 is 11.6 Å². The van der Waals surface area contributed by atoms with Gasteiger partial charge < -0.3 is 10.6 Å². The van der Waals surface area contributed by atoms with Crippen molar-refractivity contribution in [2.24, 2.45) is 5.92 Å². The molecule has 0 heterocycles. The topological polar surface area (TPSA) is 46.3 Å². The number of nitrogens with two attached hydrogens (primary N) is 1. The molecule has 2 rings (SSSR count). The first-order valence-corrected chi connectivity index (χ1v) is 7.49. The third-order valence-corrected chi connectivity index (χ3v) is 3.98. The zero-order chi connectivity index (χ0) is 14.9. The summed E-state index contributed by atoms with van der Waals surface area (Å²) in [7, 11) is 0. The lowest BCUT2D eigenvalue weighted by molar-refractivity contribution is -0.137. The molecule has 0 atom stereocenters. The van der Waals surface area contributed by atoms with E-state index in [0.717, 1.165) is 30.6 Å². The molecule has 1 aromatic carbocycles. The average Bonchev–Trinajstić information content (AvgIpc) is 3.19. The molecule has 20 heavy (non-hydrogen) atoms. The van der Waals surface area contributed by atoms with Crippen LogP contribution in [0.1, 0.15) is 46.1 Å². The zero-order valence-electron chi connectivity index (χ0n) is 13.0. The van der Waals surface area contributed by atoms with E-state index in [1.54, 1.807) is 0 Å². The minimum atomic E-state index is -0.495. The van der Waals surface area contributed by atoms with Crippen LogP contribution in [0.2, 0.25) is 0 Å². The van der Waals surface area contributed by atoms with E-state index in [4.69, 9.17) is 5.73 Å². The summed E-state index contributed by atoms with van der Waals surface area (Å²) in [6.07, 6.45) is 2.30. The van der Waals surface area contributed by atoms with E-state index < -0.39 is 5.41 Å². The molecule has 2 N–H and O–H groups in total. The van der Waals surface area contributed by atoms with Gasteiger partial charge in [-0.25, -0.2) is 0 Å². The Hall–Kier alpha value is -1.51. The molecule has 1 fully saturated rings. The van der Waals surface area contributed by atoms with Crippen molar-refractivity contribution in [3.05, 3.63) is 29.8 Å². The van der Waals surface area contributed by atoms with E-state index in [1.807, 2.05) is 38.1 Å². The van der Waals surface area contributed by atoms with E-state index >= 15 is 0 Å². The molecular formula is C17H26N2O. The molecule has 0 aliphatic heterocycles. The van der Waals surface area contributed by atoms with Crippen molar-refractivity contribution in [1.29, 1.82) is 0 Å². The minimum absolute atomic E-state index is 0.235. The largest absolute Gasteiger partial charge is 0.399 e. The van der Waals surface area contributed by atoms with Gasteiger partial charge in [0, 0.05) is 18.3 Å². The van der Waals surface area contributed by atoms with E-state index in [2.05, 4.69) is 18.7 Å². The molecule has 0 radical (unpaired) electrons. The SMILES string of the molecule is CC(C)CN(C(=O)C(C)(C)c1ccc(N)cc1)C1CC1. The van der Waals surface area contributed by atoms with Gasteiger partial charge in [0.2, 0.25) is 5.91 Å². The highest BCUT2D eigenvalue weighted by atomic mass is 16.2. The van der Waals surface area contributed by atoms with Gasteiger partial charge in [0.1, 0.15) is 0 Å². The van der Waals surface area contributed by atoms with Crippen molar-refractivity contribution in [3.8, 4) is 0 Å². The number of benzene rings is 1. The highest BCUT2D eigenvalue weighted by molar-refractivity contribution is 5.88. The van der Waals surface area contributed by atoms with Gasteiger partial charge in [0.05, 0.1) is 5.41 Å². The first kappa shape index (κ1) is 14.9. The Morgan fingerprint density at radius 3 is 2.30 bits per heavy atom. The molecule has 0 spiro atoms. The van der Waals surface area contributed by atoms with Crippen LogP contribution in [-0.4, -0.2) is 23.4 Å². The monoisotopic (exact) mass is 274 g/mol. The molecule has 0 bridgehead atoms. The Labute approximate surface area is 122 Å². The maximum Gasteiger partial charge on any atom is 0.232 e. The van der Waals surface area contributed by atoms with Gasteiger partial charge in [0.25, 0.3) is 0 Å². The molecule has 1 aliphatic carbocycles. The maximum atomic E-state index is 13.0. The number of carbonyl (C=O) groups is 1. The van der Waals surface area contributed by atoms with Gasteiger partial charge in [-0.3, -0.25) is 4.79 Å². The Bertz CT molecular complexity index is 472. The van der Waals surface area contributed by atoms with Crippen molar-refractivity contribution in [3.63, 3.8) is 0 Å². The fraction of sp³-hybridized carbons (Fsp3) is 0.588. The van der Waals surface area contributed by atoms with Crippen LogP contribution in [-0.2, 0) is 10.2 Å². The lowest BCUT2D eigenvalue weighted by Crippen LogP contribution is -2.46.